The third-order valence-corrected chi connectivity index (χ3v) is 10.6. The smallest absolute Gasteiger partial charge is 0.300 e. The lowest BCUT2D eigenvalue weighted by atomic mass is 10.4. The van der Waals surface area contributed by atoms with Gasteiger partial charge in [-0.3, -0.25) is 9.59 Å². The molecular formula is C28H46O4P2. The number of carboxylic acids is 2. The van der Waals surface area contributed by atoms with Crippen molar-refractivity contribution >= 4 is 38.4 Å². The van der Waals surface area contributed by atoms with Gasteiger partial charge in [0, 0.05) is 13.8 Å². The largest absolute Gasteiger partial charge is 0.481 e. The molecule has 0 aromatic heterocycles. The molecule has 2 N–H and O–H groups in total. The molecule has 0 atom stereocenters. The average Bonchev–Trinajstić information content (AvgIpc) is 2.68. The molecule has 192 valence electrons. The molecule has 4 nitrogen and oxygen atoms in total. The highest BCUT2D eigenvalue weighted by Crippen LogP contribution is 2.45. The van der Waals surface area contributed by atoms with Gasteiger partial charge in [0.05, 0.1) is 0 Å². The number of hydrogen-bond donors (Lipinski definition) is 2. The molecule has 0 saturated heterocycles. The summed E-state index contributed by atoms with van der Waals surface area (Å²) >= 11 is 0. The van der Waals surface area contributed by atoms with Crippen molar-refractivity contribution in [1.29, 1.82) is 0 Å². The Morgan fingerprint density at radius 3 is 0.853 bits per heavy atom. The normalized spacial score (nSPS) is 10.4. The van der Waals surface area contributed by atoms with Crippen LogP contribution in [0.15, 0.2) is 60.7 Å². The lowest BCUT2D eigenvalue weighted by Gasteiger charge is -2.25. The minimum Gasteiger partial charge on any atom is -0.481 e. The molecule has 0 unspecified atom stereocenters. The first-order chi connectivity index (χ1) is 15.7. The van der Waals surface area contributed by atoms with Crippen LogP contribution in [0, 0.1) is 0 Å². The SMILES string of the molecule is CC(=O)O.CC(=O)O.CC(C)P(c1ccccc1)C(C)C.CC(C)P(c1ccccc1)C(C)C. The summed E-state index contributed by atoms with van der Waals surface area (Å²) in [6.07, 6.45) is 0. The van der Waals surface area contributed by atoms with Gasteiger partial charge in [-0.05, 0) is 33.2 Å². The van der Waals surface area contributed by atoms with Gasteiger partial charge >= 0.3 is 0 Å². The summed E-state index contributed by atoms with van der Waals surface area (Å²) in [4.78, 5) is 18.0. The summed E-state index contributed by atoms with van der Waals surface area (Å²) < 4.78 is 0. The van der Waals surface area contributed by atoms with Gasteiger partial charge in [-0.25, -0.2) is 0 Å². The molecule has 0 heterocycles. The standard InChI is InChI=1S/2C12H19P.2C2H4O2/c2*1-10(2)13(11(3)4)12-8-6-5-7-9-12;2*1-2(3)4/h2*5-11H,1-4H3;2*1H3,(H,3,4). The van der Waals surface area contributed by atoms with Crippen LogP contribution in [-0.4, -0.2) is 44.8 Å². The van der Waals surface area contributed by atoms with Gasteiger partial charge < -0.3 is 10.2 Å². The summed E-state index contributed by atoms with van der Waals surface area (Å²) in [7, 11) is 0.0525. The zero-order valence-electron chi connectivity index (χ0n) is 22.7. The Balaban J connectivity index is 0. The fourth-order valence-corrected chi connectivity index (χ4v) is 9.39. The first kappa shape index (κ1) is 34.4. The van der Waals surface area contributed by atoms with Gasteiger partial charge in [-0.1, -0.05) is 132 Å². The Morgan fingerprint density at radius 2 is 0.706 bits per heavy atom. The number of carbonyl (C=O) groups is 2. The maximum absolute atomic E-state index is 9.00. The van der Waals surface area contributed by atoms with Crippen molar-refractivity contribution in [2.75, 3.05) is 0 Å². The fourth-order valence-electron chi connectivity index (χ4n) is 3.59. The topological polar surface area (TPSA) is 74.6 Å². The third kappa shape index (κ3) is 17.7. The maximum atomic E-state index is 9.00. The van der Waals surface area contributed by atoms with Crippen LogP contribution in [0.5, 0.6) is 0 Å². The minimum absolute atomic E-state index is 0.0262. The first-order valence-electron chi connectivity index (χ1n) is 11.8. The second kappa shape index (κ2) is 19.5. The van der Waals surface area contributed by atoms with Gasteiger partial charge in [0.15, 0.2) is 0 Å². The third-order valence-electron chi connectivity index (χ3n) is 4.33. The van der Waals surface area contributed by atoms with Crippen molar-refractivity contribution in [2.24, 2.45) is 0 Å². The molecule has 34 heavy (non-hydrogen) atoms. The Morgan fingerprint density at radius 1 is 0.529 bits per heavy atom. The van der Waals surface area contributed by atoms with E-state index in [4.69, 9.17) is 19.8 Å². The maximum Gasteiger partial charge on any atom is 0.300 e. The molecule has 0 amide bonds. The van der Waals surface area contributed by atoms with Crippen molar-refractivity contribution in [3.63, 3.8) is 0 Å². The molecule has 0 fully saturated rings. The highest BCUT2D eigenvalue weighted by atomic mass is 31.1. The van der Waals surface area contributed by atoms with E-state index in [0.717, 1.165) is 36.5 Å². The molecule has 2 aromatic carbocycles. The van der Waals surface area contributed by atoms with Crippen molar-refractivity contribution < 1.29 is 19.8 Å². The summed E-state index contributed by atoms with van der Waals surface area (Å²) in [5.74, 6) is -1.67. The Labute approximate surface area is 210 Å². The first-order valence-corrected chi connectivity index (χ1v) is 14.7. The molecule has 6 heteroatoms. The van der Waals surface area contributed by atoms with E-state index in [1.807, 2.05) is 0 Å². The van der Waals surface area contributed by atoms with Crippen molar-refractivity contribution in [1.82, 2.24) is 0 Å². The molecule has 2 aromatic rings. The van der Waals surface area contributed by atoms with E-state index >= 15 is 0 Å². The average molecular weight is 509 g/mol. The van der Waals surface area contributed by atoms with E-state index in [2.05, 4.69) is 116 Å². The van der Waals surface area contributed by atoms with Gasteiger partial charge in [0.2, 0.25) is 0 Å². The van der Waals surface area contributed by atoms with Crippen LogP contribution >= 0.6 is 15.8 Å². The monoisotopic (exact) mass is 508 g/mol. The number of carboxylic acid groups (broad SMARTS) is 2. The molecule has 0 bridgehead atoms. The van der Waals surface area contributed by atoms with Crippen LogP contribution in [0.4, 0.5) is 0 Å². The molecule has 0 radical (unpaired) electrons. The van der Waals surface area contributed by atoms with Crippen LogP contribution < -0.4 is 10.6 Å². The second-order valence-corrected chi connectivity index (χ2v) is 15.7. The second-order valence-electron chi connectivity index (χ2n) is 8.90. The molecule has 0 aliphatic carbocycles. The predicted molar refractivity (Wildman–Crippen MR) is 153 cm³/mol. The Bertz CT molecular complexity index is 684. The molecule has 0 aliphatic heterocycles. The Hall–Kier alpha value is -1.76. The van der Waals surface area contributed by atoms with Crippen LogP contribution in [0.1, 0.15) is 69.2 Å². The van der Waals surface area contributed by atoms with E-state index in [1.54, 1.807) is 10.6 Å². The van der Waals surface area contributed by atoms with Crippen molar-refractivity contribution in [3.05, 3.63) is 60.7 Å². The molecular weight excluding hydrogens is 462 g/mol. The summed E-state index contributed by atoms with van der Waals surface area (Å²) in [6.45, 7) is 20.8. The number of aliphatic carboxylic acids is 2. The molecule has 2 rings (SSSR count). The number of benzene rings is 2. The number of hydrogen-bond acceptors (Lipinski definition) is 2. The van der Waals surface area contributed by atoms with Gasteiger partial charge in [-0.15, -0.1) is 0 Å². The lowest BCUT2D eigenvalue weighted by Crippen LogP contribution is -2.14. The van der Waals surface area contributed by atoms with Gasteiger partial charge in [0.25, 0.3) is 11.9 Å². The Kier molecular flexibility index (Phi) is 19.8. The van der Waals surface area contributed by atoms with E-state index < -0.39 is 11.9 Å². The van der Waals surface area contributed by atoms with Gasteiger partial charge in [0.1, 0.15) is 0 Å². The van der Waals surface area contributed by atoms with Crippen molar-refractivity contribution in [2.45, 2.75) is 91.9 Å². The van der Waals surface area contributed by atoms with Crippen LogP contribution in [0.3, 0.4) is 0 Å². The van der Waals surface area contributed by atoms with E-state index in [-0.39, 0.29) is 15.8 Å². The van der Waals surface area contributed by atoms with E-state index in [0.29, 0.717) is 0 Å². The fraction of sp³-hybridized carbons (Fsp3) is 0.500. The highest BCUT2D eigenvalue weighted by molar-refractivity contribution is 7.67. The summed E-state index contributed by atoms with van der Waals surface area (Å²) in [5, 5.41) is 17.9. The predicted octanol–water partition coefficient (Wildman–Crippen LogP) is 7.40. The summed E-state index contributed by atoms with van der Waals surface area (Å²) in [6, 6.07) is 21.9. The highest BCUT2D eigenvalue weighted by Gasteiger charge is 2.18. The van der Waals surface area contributed by atoms with Crippen LogP contribution in [0.2, 0.25) is 0 Å². The molecule has 0 saturated carbocycles. The van der Waals surface area contributed by atoms with Crippen LogP contribution in [-0.2, 0) is 9.59 Å². The van der Waals surface area contributed by atoms with E-state index in [9.17, 15) is 0 Å². The van der Waals surface area contributed by atoms with E-state index in [1.165, 1.54) is 0 Å². The molecule has 0 aliphatic rings. The van der Waals surface area contributed by atoms with Gasteiger partial charge in [-0.2, -0.15) is 0 Å². The zero-order valence-corrected chi connectivity index (χ0v) is 24.5. The summed E-state index contributed by atoms with van der Waals surface area (Å²) in [5.41, 5.74) is 3.16. The van der Waals surface area contributed by atoms with Crippen molar-refractivity contribution in [3.8, 4) is 0 Å². The van der Waals surface area contributed by atoms with Crippen LogP contribution in [0.25, 0.3) is 0 Å². The molecule has 0 spiro atoms. The number of rotatable bonds is 6. The lowest BCUT2D eigenvalue weighted by molar-refractivity contribution is -0.135. The minimum atomic E-state index is -0.833. The quantitative estimate of drug-likeness (QED) is 0.399. The zero-order chi connectivity index (χ0) is 26.8.